The Labute approximate surface area is 100 Å². The first kappa shape index (κ1) is 12.4. The van der Waals surface area contributed by atoms with Gasteiger partial charge < -0.3 is 0 Å². The minimum atomic E-state index is -4.83. The minimum absolute atomic E-state index is 0.241. The zero-order valence-corrected chi connectivity index (χ0v) is 10.4. The molecule has 0 fully saturated rings. The molecule has 2 rings (SSSR count). The fourth-order valence-electron chi connectivity index (χ4n) is 1.23. The molecule has 0 unspecified atom stereocenters. The van der Waals surface area contributed by atoms with E-state index >= 15 is 0 Å². The van der Waals surface area contributed by atoms with Gasteiger partial charge >= 0.3 is 10.1 Å². The van der Waals surface area contributed by atoms with Crippen molar-refractivity contribution in [2.75, 3.05) is 0 Å². The van der Waals surface area contributed by atoms with Crippen molar-refractivity contribution in [2.24, 2.45) is 0 Å². The molecule has 0 aliphatic carbocycles. The fraction of sp³-hybridized carbons (Fsp3) is 0. The van der Waals surface area contributed by atoms with Gasteiger partial charge in [-0.1, -0.05) is 0 Å². The van der Waals surface area contributed by atoms with Crippen molar-refractivity contribution in [3.8, 4) is 0 Å². The number of pyridine rings is 1. The van der Waals surface area contributed by atoms with E-state index in [0.29, 0.717) is 5.39 Å². The quantitative estimate of drug-likeness (QED) is 0.785. The number of hydrogen-bond donors (Lipinski definition) is 2. The molecule has 10 heteroatoms. The lowest BCUT2D eigenvalue weighted by Gasteiger charge is -2.03. The van der Waals surface area contributed by atoms with Gasteiger partial charge in [0.25, 0.3) is 10.1 Å². The zero-order valence-electron chi connectivity index (χ0n) is 7.93. The van der Waals surface area contributed by atoms with Gasteiger partial charge in [-0.3, -0.25) is 9.11 Å². The fourth-order valence-corrected chi connectivity index (χ4v) is 3.73. The summed E-state index contributed by atoms with van der Waals surface area (Å²) < 4.78 is 61.8. The van der Waals surface area contributed by atoms with Crippen LogP contribution >= 0.6 is 11.3 Å². The van der Waals surface area contributed by atoms with Gasteiger partial charge in [0.1, 0.15) is 9.73 Å². The van der Waals surface area contributed by atoms with Gasteiger partial charge in [-0.15, -0.1) is 11.3 Å². The van der Waals surface area contributed by atoms with E-state index < -0.39 is 30.2 Å². The SMILES string of the molecule is O=S(=O)(O)c1cc2ccsc2nc1S(=O)(=O)O. The monoisotopic (exact) mass is 295 g/mol. The van der Waals surface area contributed by atoms with Crippen LogP contribution in [-0.2, 0) is 20.2 Å². The lowest BCUT2D eigenvalue weighted by Crippen LogP contribution is -2.10. The second-order valence-corrected chi connectivity index (χ2v) is 6.68. The Morgan fingerprint density at radius 2 is 1.76 bits per heavy atom. The Hall–Kier alpha value is -1.07. The lowest BCUT2D eigenvalue weighted by atomic mass is 10.3. The molecule has 92 valence electrons. The third-order valence-corrected chi connectivity index (χ3v) is 4.52. The van der Waals surface area contributed by atoms with E-state index in [-0.39, 0.29) is 4.83 Å². The van der Waals surface area contributed by atoms with Gasteiger partial charge in [0.05, 0.1) is 0 Å². The topological polar surface area (TPSA) is 122 Å². The molecule has 7 nitrogen and oxygen atoms in total. The van der Waals surface area contributed by atoms with Gasteiger partial charge in [0.2, 0.25) is 5.03 Å². The summed E-state index contributed by atoms with van der Waals surface area (Å²) >= 11 is 1.07. The minimum Gasteiger partial charge on any atom is -0.282 e. The molecule has 2 aromatic rings. The van der Waals surface area contributed by atoms with Crippen molar-refractivity contribution in [3.63, 3.8) is 0 Å². The van der Waals surface area contributed by atoms with Crippen molar-refractivity contribution in [2.45, 2.75) is 9.92 Å². The highest BCUT2D eigenvalue weighted by Gasteiger charge is 2.26. The second kappa shape index (κ2) is 3.71. The van der Waals surface area contributed by atoms with E-state index in [9.17, 15) is 16.8 Å². The molecule has 0 amide bonds. The van der Waals surface area contributed by atoms with Crippen LogP contribution < -0.4 is 0 Å². The molecular formula is C7H5NO6S3. The van der Waals surface area contributed by atoms with Crippen molar-refractivity contribution < 1.29 is 25.9 Å². The van der Waals surface area contributed by atoms with Gasteiger partial charge in [0.15, 0.2) is 0 Å². The highest BCUT2D eigenvalue weighted by molar-refractivity contribution is 7.89. The van der Waals surface area contributed by atoms with Crippen molar-refractivity contribution in [1.82, 2.24) is 4.98 Å². The molecule has 2 aromatic heterocycles. The molecule has 0 aromatic carbocycles. The van der Waals surface area contributed by atoms with Gasteiger partial charge in [-0.25, -0.2) is 4.98 Å². The predicted molar refractivity (Wildman–Crippen MR) is 59.2 cm³/mol. The van der Waals surface area contributed by atoms with Crippen LogP contribution in [0.3, 0.4) is 0 Å². The summed E-state index contributed by atoms with van der Waals surface area (Å²) in [5.41, 5.74) is 0. The van der Waals surface area contributed by atoms with Crippen LogP contribution in [0.4, 0.5) is 0 Å². The summed E-state index contributed by atoms with van der Waals surface area (Å²) in [7, 11) is -9.61. The van der Waals surface area contributed by atoms with Gasteiger partial charge in [-0.2, -0.15) is 16.8 Å². The van der Waals surface area contributed by atoms with Crippen LogP contribution in [0.25, 0.3) is 10.2 Å². The standard InChI is InChI=1S/C7H5NO6S3/c9-16(10,11)5-3-4-1-2-15-6(4)8-7(5)17(12,13)14/h1-3H,(H,9,10,11)(H,12,13,14). The average Bonchev–Trinajstić information content (AvgIpc) is 2.59. The molecule has 17 heavy (non-hydrogen) atoms. The number of fused-ring (bicyclic) bond motifs is 1. The van der Waals surface area contributed by atoms with E-state index in [1.807, 2.05) is 0 Å². The Morgan fingerprint density at radius 1 is 1.12 bits per heavy atom. The van der Waals surface area contributed by atoms with E-state index in [4.69, 9.17) is 9.11 Å². The van der Waals surface area contributed by atoms with Gasteiger partial charge in [0, 0.05) is 5.39 Å². The van der Waals surface area contributed by atoms with Crippen LogP contribution in [-0.4, -0.2) is 30.9 Å². The highest BCUT2D eigenvalue weighted by Crippen LogP contribution is 2.26. The van der Waals surface area contributed by atoms with E-state index in [2.05, 4.69) is 4.98 Å². The zero-order chi connectivity index (χ0) is 12.8. The Bertz CT molecular complexity index is 722. The molecule has 0 bridgehead atoms. The predicted octanol–water partition coefficient (Wildman–Crippen LogP) is 0.790. The summed E-state index contributed by atoms with van der Waals surface area (Å²) in [6.07, 6.45) is 0. The molecule has 0 saturated carbocycles. The molecule has 0 radical (unpaired) electrons. The molecule has 0 atom stereocenters. The Morgan fingerprint density at radius 3 is 2.29 bits per heavy atom. The van der Waals surface area contributed by atoms with Crippen LogP contribution in [0, 0.1) is 0 Å². The Balaban J connectivity index is 2.98. The number of nitrogens with zero attached hydrogens (tertiary/aromatic N) is 1. The van der Waals surface area contributed by atoms with Crippen molar-refractivity contribution in [1.29, 1.82) is 0 Å². The molecular weight excluding hydrogens is 290 g/mol. The lowest BCUT2D eigenvalue weighted by molar-refractivity contribution is 0.462. The maximum absolute atomic E-state index is 11.0. The largest absolute Gasteiger partial charge is 0.313 e. The van der Waals surface area contributed by atoms with Crippen LogP contribution in [0.5, 0.6) is 0 Å². The average molecular weight is 295 g/mol. The molecule has 2 heterocycles. The van der Waals surface area contributed by atoms with E-state index in [1.54, 1.807) is 5.38 Å². The summed E-state index contributed by atoms with van der Waals surface area (Å²) in [6, 6.07) is 2.45. The summed E-state index contributed by atoms with van der Waals surface area (Å²) in [6.45, 7) is 0. The van der Waals surface area contributed by atoms with Crippen LogP contribution in [0.15, 0.2) is 27.4 Å². The van der Waals surface area contributed by atoms with E-state index in [1.165, 1.54) is 6.07 Å². The first-order valence-electron chi connectivity index (χ1n) is 4.03. The molecule has 0 aliphatic rings. The summed E-state index contributed by atoms with van der Waals surface area (Å²) in [5, 5.41) is 0.851. The second-order valence-electron chi connectivity index (χ2n) is 3.06. The van der Waals surface area contributed by atoms with Crippen molar-refractivity contribution in [3.05, 3.63) is 17.5 Å². The summed E-state index contributed by atoms with van der Waals surface area (Å²) in [4.78, 5) is 2.82. The van der Waals surface area contributed by atoms with E-state index in [0.717, 1.165) is 17.4 Å². The number of rotatable bonds is 2. The molecule has 0 spiro atoms. The number of hydrogen-bond acceptors (Lipinski definition) is 6. The van der Waals surface area contributed by atoms with Crippen molar-refractivity contribution >= 4 is 41.8 Å². The molecule has 2 N–H and O–H groups in total. The third-order valence-electron chi connectivity index (χ3n) is 1.90. The van der Waals surface area contributed by atoms with Crippen LogP contribution in [0.1, 0.15) is 0 Å². The molecule has 0 saturated heterocycles. The maximum Gasteiger partial charge on any atom is 0.313 e. The first-order chi connectivity index (χ1) is 7.69. The number of aromatic nitrogens is 1. The Kier molecular flexibility index (Phi) is 2.71. The van der Waals surface area contributed by atoms with Crippen LogP contribution in [0.2, 0.25) is 0 Å². The van der Waals surface area contributed by atoms with Gasteiger partial charge in [-0.05, 0) is 17.5 Å². The third kappa shape index (κ3) is 2.30. The highest BCUT2D eigenvalue weighted by atomic mass is 32.2. The first-order valence-corrected chi connectivity index (χ1v) is 7.79. The maximum atomic E-state index is 11.0. The normalized spacial score (nSPS) is 13.1. The number of thiophene rings is 1. The summed E-state index contributed by atoms with van der Waals surface area (Å²) in [5.74, 6) is 0. The molecule has 0 aliphatic heterocycles. The smallest absolute Gasteiger partial charge is 0.282 e.